The molecule has 0 aliphatic rings. The molecular formula is C14H17NO4. The number of methoxy groups -OCH3 is 1. The Morgan fingerprint density at radius 2 is 2.05 bits per heavy atom. The maximum atomic E-state index is 11.6. The van der Waals surface area contributed by atoms with Gasteiger partial charge in [0.1, 0.15) is 5.75 Å². The molecule has 0 spiro atoms. The van der Waals surface area contributed by atoms with Crippen LogP contribution in [-0.2, 0) is 9.59 Å². The molecule has 0 heterocycles. The first-order valence-electron chi connectivity index (χ1n) is 5.85. The number of carboxylic acids is 1. The highest BCUT2D eigenvalue weighted by Gasteiger charge is 2.21. The van der Waals surface area contributed by atoms with Crippen molar-refractivity contribution in [1.29, 1.82) is 0 Å². The molecule has 0 bridgehead atoms. The molecule has 5 heteroatoms. The number of nitrogens with one attached hydrogen (secondary N) is 1. The summed E-state index contributed by atoms with van der Waals surface area (Å²) < 4.78 is 5.00. The van der Waals surface area contributed by atoms with Crippen LogP contribution in [0.15, 0.2) is 36.9 Å². The molecule has 0 aliphatic carbocycles. The smallest absolute Gasteiger partial charge is 0.330 e. The molecule has 1 rings (SSSR count). The van der Waals surface area contributed by atoms with Crippen molar-refractivity contribution in [1.82, 2.24) is 5.32 Å². The highest BCUT2D eigenvalue weighted by molar-refractivity contribution is 5.84. The number of carboxylic acid groups (broad SMARTS) is 1. The predicted octanol–water partition coefficient (Wildman–Crippen LogP) is 1.90. The molecule has 102 valence electrons. The first kappa shape index (κ1) is 14.8. The zero-order valence-electron chi connectivity index (χ0n) is 10.8. The maximum Gasteiger partial charge on any atom is 0.330 e. The van der Waals surface area contributed by atoms with Crippen LogP contribution in [0.2, 0.25) is 0 Å². The SMILES string of the molecule is C=CCCC(=O)NC(C(=O)O)c1ccc(OC)cc1. The lowest BCUT2D eigenvalue weighted by Gasteiger charge is -2.15. The molecule has 1 aromatic carbocycles. The van der Waals surface area contributed by atoms with E-state index >= 15 is 0 Å². The minimum Gasteiger partial charge on any atom is -0.497 e. The molecule has 1 aromatic rings. The summed E-state index contributed by atoms with van der Waals surface area (Å²) in [6, 6.07) is 5.49. The first-order valence-corrected chi connectivity index (χ1v) is 5.85. The third kappa shape index (κ3) is 4.46. The maximum absolute atomic E-state index is 11.6. The van der Waals surface area contributed by atoms with Crippen LogP contribution >= 0.6 is 0 Å². The van der Waals surface area contributed by atoms with Crippen LogP contribution in [0, 0.1) is 0 Å². The molecule has 0 aliphatic heterocycles. The number of carbonyl (C=O) groups is 2. The van der Waals surface area contributed by atoms with Crippen LogP contribution in [0.3, 0.4) is 0 Å². The number of hydrogen-bond acceptors (Lipinski definition) is 3. The summed E-state index contributed by atoms with van der Waals surface area (Å²) in [5.74, 6) is -0.786. The van der Waals surface area contributed by atoms with Gasteiger partial charge in [-0.3, -0.25) is 4.79 Å². The van der Waals surface area contributed by atoms with Gasteiger partial charge in [0.25, 0.3) is 0 Å². The Bertz CT molecular complexity index is 453. The van der Waals surface area contributed by atoms with E-state index in [4.69, 9.17) is 9.84 Å². The van der Waals surface area contributed by atoms with Crippen molar-refractivity contribution >= 4 is 11.9 Å². The number of carbonyl (C=O) groups excluding carboxylic acids is 1. The summed E-state index contributed by atoms with van der Waals surface area (Å²) in [6.45, 7) is 3.51. The molecule has 1 atom stereocenters. The van der Waals surface area contributed by atoms with Gasteiger partial charge < -0.3 is 15.2 Å². The van der Waals surface area contributed by atoms with E-state index in [9.17, 15) is 9.59 Å². The van der Waals surface area contributed by atoms with Gasteiger partial charge in [-0.2, -0.15) is 0 Å². The Morgan fingerprint density at radius 1 is 1.42 bits per heavy atom. The highest BCUT2D eigenvalue weighted by atomic mass is 16.5. The lowest BCUT2D eigenvalue weighted by atomic mass is 10.1. The van der Waals surface area contributed by atoms with Crippen molar-refractivity contribution in [3.8, 4) is 5.75 Å². The van der Waals surface area contributed by atoms with E-state index in [1.165, 1.54) is 7.11 Å². The van der Waals surface area contributed by atoms with Gasteiger partial charge in [0.05, 0.1) is 7.11 Å². The molecule has 0 saturated heterocycles. The summed E-state index contributed by atoms with van der Waals surface area (Å²) in [5, 5.41) is 11.6. The zero-order chi connectivity index (χ0) is 14.3. The number of allylic oxidation sites excluding steroid dienone is 1. The summed E-state index contributed by atoms with van der Waals surface area (Å²) >= 11 is 0. The van der Waals surface area contributed by atoms with Crippen LogP contribution in [0.25, 0.3) is 0 Å². The van der Waals surface area contributed by atoms with E-state index in [0.29, 0.717) is 17.7 Å². The average Bonchev–Trinajstić information content (AvgIpc) is 2.42. The summed E-state index contributed by atoms with van der Waals surface area (Å²) in [5.41, 5.74) is 0.500. The highest BCUT2D eigenvalue weighted by Crippen LogP contribution is 2.18. The fourth-order valence-corrected chi connectivity index (χ4v) is 1.55. The lowest BCUT2D eigenvalue weighted by molar-refractivity contribution is -0.142. The van der Waals surface area contributed by atoms with E-state index in [1.54, 1.807) is 30.3 Å². The Hall–Kier alpha value is -2.30. The van der Waals surface area contributed by atoms with Crippen LogP contribution in [0.5, 0.6) is 5.75 Å². The molecule has 0 radical (unpaired) electrons. The fraction of sp³-hybridized carbons (Fsp3) is 0.286. The van der Waals surface area contributed by atoms with Crippen molar-refractivity contribution in [2.45, 2.75) is 18.9 Å². The minimum atomic E-state index is -1.10. The van der Waals surface area contributed by atoms with Gasteiger partial charge in [0, 0.05) is 6.42 Å². The number of amides is 1. The van der Waals surface area contributed by atoms with E-state index in [1.807, 2.05) is 0 Å². The zero-order valence-corrected chi connectivity index (χ0v) is 10.8. The number of hydrogen-bond donors (Lipinski definition) is 2. The number of benzene rings is 1. The monoisotopic (exact) mass is 263 g/mol. The Morgan fingerprint density at radius 3 is 2.53 bits per heavy atom. The van der Waals surface area contributed by atoms with Crippen molar-refractivity contribution in [3.05, 3.63) is 42.5 Å². The van der Waals surface area contributed by atoms with Gasteiger partial charge in [-0.25, -0.2) is 4.79 Å². The van der Waals surface area contributed by atoms with E-state index in [0.717, 1.165) is 0 Å². The average molecular weight is 263 g/mol. The standard InChI is InChI=1S/C14H17NO4/c1-3-4-5-12(16)15-13(14(17)18)10-6-8-11(19-2)9-7-10/h3,6-9,13H,1,4-5H2,2H3,(H,15,16)(H,17,18). The molecule has 2 N–H and O–H groups in total. The molecule has 1 amide bonds. The summed E-state index contributed by atoms with van der Waals surface area (Å²) in [7, 11) is 1.53. The topological polar surface area (TPSA) is 75.6 Å². The summed E-state index contributed by atoms with van der Waals surface area (Å²) in [6.07, 6.45) is 2.35. The van der Waals surface area contributed by atoms with Gasteiger partial charge in [-0.1, -0.05) is 18.2 Å². The molecule has 0 aromatic heterocycles. The van der Waals surface area contributed by atoms with E-state index in [2.05, 4.69) is 11.9 Å². The number of rotatable bonds is 7. The molecular weight excluding hydrogens is 246 g/mol. The van der Waals surface area contributed by atoms with Gasteiger partial charge in [0.15, 0.2) is 6.04 Å². The second kappa shape index (κ2) is 7.20. The third-order valence-electron chi connectivity index (χ3n) is 2.58. The quantitative estimate of drug-likeness (QED) is 0.737. The van der Waals surface area contributed by atoms with Crippen LogP contribution in [0.4, 0.5) is 0 Å². The third-order valence-corrected chi connectivity index (χ3v) is 2.58. The van der Waals surface area contributed by atoms with E-state index in [-0.39, 0.29) is 12.3 Å². The van der Waals surface area contributed by atoms with Crippen LogP contribution in [0.1, 0.15) is 24.4 Å². The van der Waals surface area contributed by atoms with Crippen LogP contribution in [-0.4, -0.2) is 24.1 Å². The predicted molar refractivity (Wildman–Crippen MR) is 70.9 cm³/mol. The molecule has 0 fully saturated rings. The Balaban J connectivity index is 2.78. The van der Waals surface area contributed by atoms with Crippen molar-refractivity contribution in [2.75, 3.05) is 7.11 Å². The Labute approximate surface area is 111 Å². The van der Waals surface area contributed by atoms with Crippen LogP contribution < -0.4 is 10.1 Å². The largest absolute Gasteiger partial charge is 0.497 e. The lowest BCUT2D eigenvalue weighted by Crippen LogP contribution is -2.33. The van der Waals surface area contributed by atoms with E-state index < -0.39 is 12.0 Å². The second-order valence-corrected chi connectivity index (χ2v) is 3.94. The molecule has 1 unspecified atom stereocenters. The van der Waals surface area contributed by atoms with Gasteiger partial charge in [-0.05, 0) is 24.1 Å². The normalized spacial score (nSPS) is 11.4. The summed E-state index contributed by atoms with van der Waals surface area (Å²) in [4.78, 5) is 22.8. The van der Waals surface area contributed by atoms with Gasteiger partial charge >= 0.3 is 5.97 Å². The second-order valence-electron chi connectivity index (χ2n) is 3.94. The van der Waals surface area contributed by atoms with Crippen molar-refractivity contribution in [2.24, 2.45) is 0 Å². The van der Waals surface area contributed by atoms with Crippen molar-refractivity contribution in [3.63, 3.8) is 0 Å². The Kier molecular flexibility index (Phi) is 5.60. The van der Waals surface area contributed by atoms with Gasteiger partial charge in [0.2, 0.25) is 5.91 Å². The molecule has 19 heavy (non-hydrogen) atoms. The molecule has 5 nitrogen and oxygen atoms in total. The van der Waals surface area contributed by atoms with Crippen molar-refractivity contribution < 1.29 is 19.4 Å². The number of ether oxygens (including phenoxy) is 1. The minimum absolute atomic E-state index is 0.226. The fourth-order valence-electron chi connectivity index (χ4n) is 1.55. The first-order chi connectivity index (χ1) is 9.08. The number of aliphatic carboxylic acids is 1. The van der Waals surface area contributed by atoms with Gasteiger partial charge in [-0.15, -0.1) is 6.58 Å². The molecule has 0 saturated carbocycles.